The van der Waals surface area contributed by atoms with Crippen LogP contribution >= 0.6 is 0 Å². The summed E-state index contributed by atoms with van der Waals surface area (Å²) in [6, 6.07) is 12.1. The van der Waals surface area contributed by atoms with Crippen molar-refractivity contribution < 1.29 is 23.1 Å². The summed E-state index contributed by atoms with van der Waals surface area (Å²) in [4.78, 5) is 13.4. The fourth-order valence-corrected chi connectivity index (χ4v) is 5.06. The predicted octanol–water partition coefficient (Wildman–Crippen LogP) is 2.01. The summed E-state index contributed by atoms with van der Waals surface area (Å²) in [5.41, 5.74) is 2.70. The van der Waals surface area contributed by atoms with Gasteiger partial charge in [-0.3, -0.25) is 9.69 Å². The van der Waals surface area contributed by atoms with Crippen molar-refractivity contribution in [1.29, 1.82) is 0 Å². The SMILES string of the molecule is CC(=O)Nc1ccc(OC[C@@H](O)CN2CCN(S(=O)(=O)c3ccc(C)c(C)c3)CC2)cc1. The van der Waals surface area contributed by atoms with E-state index >= 15 is 0 Å². The number of hydrogen-bond donors (Lipinski definition) is 2. The Bertz CT molecular complexity index is 1030. The van der Waals surface area contributed by atoms with Gasteiger partial charge in [0.05, 0.1) is 4.90 Å². The van der Waals surface area contributed by atoms with E-state index in [-0.39, 0.29) is 12.5 Å². The van der Waals surface area contributed by atoms with Crippen LogP contribution in [0.5, 0.6) is 5.75 Å². The maximum Gasteiger partial charge on any atom is 0.243 e. The first-order valence-electron chi connectivity index (χ1n) is 10.6. The number of nitrogens with zero attached hydrogens (tertiary/aromatic N) is 2. The van der Waals surface area contributed by atoms with Crippen LogP contribution in [-0.4, -0.2) is 74.1 Å². The highest BCUT2D eigenvalue weighted by Gasteiger charge is 2.29. The number of hydrogen-bond acceptors (Lipinski definition) is 6. The van der Waals surface area contributed by atoms with E-state index in [1.54, 1.807) is 36.4 Å². The van der Waals surface area contributed by atoms with Crippen LogP contribution in [0, 0.1) is 13.8 Å². The molecule has 1 aliphatic rings. The third-order valence-corrected chi connectivity index (χ3v) is 7.43. The zero-order valence-electron chi connectivity index (χ0n) is 18.7. The monoisotopic (exact) mass is 461 g/mol. The van der Waals surface area contributed by atoms with E-state index in [9.17, 15) is 18.3 Å². The number of piperazine rings is 1. The summed E-state index contributed by atoms with van der Waals surface area (Å²) in [6.07, 6.45) is -0.701. The van der Waals surface area contributed by atoms with Gasteiger partial charge in [0.15, 0.2) is 0 Å². The number of rotatable bonds is 8. The van der Waals surface area contributed by atoms with Crippen LogP contribution in [-0.2, 0) is 14.8 Å². The molecule has 3 rings (SSSR count). The van der Waals surface area contributed by atoms with Gasteiger partial charge in [-0.2, -0.15) is 4.31 Å². The van der Waals surface area contributed by atoms with Crippen LogP contribution in [0.4, 0.5) is 5.69 Å². The molecule has 0 unspecified atom stereocenters. The van der Waals surface area contributed by atoms with Gasteiger partial charge in [-0.05, 0) is 61.4 Å². The molecule has 1 heterocycles. The van der Waals surface area contributed by atoms with Gasteiger partial charge in [0.2, 0.25) is 15.9 Å². The van der Waals surface area contributed by atoms with E-state index < -0.39 is 16.1 Å². The number of aliphatic hydroxyl groups is 1. The minimum absolute atomic E-state index is 0.126. The third-order valence-electron chi connectivity index (χ3n) is 5.53. The van der Waals surface area contributed by atoms with E-state index in [1.165, 1.54) is 11.2 Å². The summed E-state index contributed by atoms with van der Waals surface area (Å²) < 4.78 is 33.0. The molecule has 32 heavy (non-hydrogen) atoms. The van der Waals surface area contributed by atoms with E-state index in [2.05, 4.69) is 5.32 Å². The zero-order valence-corrected chi connectivity index (χ0v) is 19.6. The molecular formula is C23H31N3O5S. The van der Waals surface area contributed by atoms with Crippen molar-refractivity contribution in [2.24, 2.45) is 0 Å². The second kappa shape index (κ2) is 10.4. The first kappa shape index (κ1) is 24.2. The highest BCUT2D eigenvalue weighted by molar-refractivity contribution is 7.89. The highest BCUT2D eigenvalue weighted by Crippen LogP contribution is 2.21. The summed E-state index contributed by atoms with van der Waals surface area (Å²) in [6.45, 7) is 7.70. The molecule has 1 saturated heterocycles. The van der Waals surface area contributed by atoms with Crippen molar-refractivity contribution in [3.8, 4) is 5.75 Å². The second-order valence-corrected chi connectivity index (χ2v) is 10.1. The number of benzene rings is 2. The highest BCUT2D eigenvalue weighted by atomic mass is 32.2. The number of sulfonamides is 1. The van der Waals surface area contributed by atoms with Gasteiger partial charge in [-0.15, -0.1) is 0 Å². The van der Waals surface area contributed by atoms with Gasteiger partial charge in [0.25, 0.3) is 0 Å². The van der Waals surface area contributed by atoms with Crippen molar-refractivity contribution in [3.05, 3.63) is 53.6 Å². The smallest absolute Gasteiger partial charge is 0.243 e. The molecule has 0 aromatic heterocycles. The summed E-state index contributed by atoms with van der Waals surface area (Å²) in [5.74, 6) is 0.457. The number of nitrogens with one attached hydrogen (secondary N) is 1. The Labute approximate surface area is 189 Å². The molecule has 0 saturated carbocycles. The van der Waals surface area contributed by atoms with Crippen LogP contribution in [0.25, 0.3) is 0 Å². The molecule has 1 atom stereocenters. The first-order valence-corrected chi connectivity index (χ1v) is 12.1. The van der Waals surface area contributed by atoms with Crippen molar-refractivity contribution >= 4 is 21.6 Å². The third kappa shape index (κ3) is 6.29. The van der Waals surface area contributed by atoms with Crippen LogP contribution in [0.15, 0.2) is 47.4 Å². The first-order chi connectivity index (χ1) is 15.1. The molecular weight excluding hydrogens is 430 g/mol. The lowest BCUT2D eigenvalue weighted by Crippen LogP contribution is -2.50. The molecule has 0 spiro atoms. The van der Waals surface area contributed by atoms with Crippen molar-refractivity contribution in [2.75, 3.05) is 44.6 Å². The van der Waals surface area contributed by atoms with Gasteiger partial charge < -0.3 is 15.2 Å². The molecule has 2 aromatic rings. The fraction of sp³-hybridized carbons (Fsp3) is 0.435. The van der Waals surface area contributed by atoms with E-state index in [0.29, 0.717) is 49.1 Å². The Balaban J connectivity index is 1.46. The number of carbonyl (C=O) groups is 1. The summed E-state index contributed by atoms with van der Waals surface area (Å²) in [7, 11) is -3.52. The van der Waals surface area contributed by atoms with Crippen molar-refractivity contribution in [3.63, 3.8) is 0 Å². The van der Waals surface area contributed by atoms with Gasteiger partial charge in [0, 0.05) is 45.3 Å². The Kier molecular flexibility index (Phi) is 7.89. The standard InChI is InChI=1S/C23H31N3O5S/c1-17-4-9-23(14-18(17)2)32(29,30)26-12-10-25(11-13-26)15-21(28)16-31-22-7-5-20(6-8-22)24-19(3)27/h4-9,14,21,28H,10-13,15-16H2,1-3H3,(H,24,27)/t21-/m0/s1. The molecule has 0 radical (unpaired) electrons. The lowest BCUT2D eigenvalue weighted by molar-refractivity contribution is -0.114. The molecule has 2 aromatic carbocycles. The van der Waals surface area contributed by atoms with Crippen LogP contribution in [0.3, 0.4) is 0 Å². The quantitative estimate of drug-likeness (QED) is 0.624. The van der Waals surface area contributed by atoms with E-state index in [4.69, 9.17) is 4.74 Å². The molecule has 0 bridgehead atoms. The molecule has 1 aliphatic heterocycles. The molecule has 9 heteroatoms. The fourth-order valence-electron chi connectivity index (χ4n) is 3.56. The van der Waals surface area contributed by atoms with Crippen molar-refractivity contribution in [1.82, 2.24) is 9.21 Å². The Hall–Kier alpha value is -2.46. The average Bonchev–Trinajstić information content (AvgIpc) is 2.75. The van der Waals surface area contributed by atoms with E-state index in [1.807, 2.05) is 24.8 Å². The molecule has 174 valence electrons. The minimum atomic E-state index is -3.52. The van der Waals surface area contributed by atoms with Gasteiger partial charge in [0.1, 0.15) is 18.5 Å². The number of aliphatic hydroxyl groups excluding tert-OH is 1. The molecule has 2 N–H and O–H groups in total. The van der Waals surface area contributed by atoms with Crippen LogP contribution in [0.1, 0.15) is 18.1 Å². The van der Waals surface area contributed by atoms with Gasteiger partial charge in [-0.25, -0.2) is 8.42 Å². The van der Waals surface area contributed by atoms with Crippen molar-refractivity contribution in [2.45, 2.75) is 31.8 Å². The second-order valence-electron chi connectivity index (χ2n) is 8.12. The predicted molar refractivity (Wildman–Crippen MR) is 123 cm³/mol. The molecule has 1 fully saturated rings. The van der Waals surface area contributed by atoms with Crippen LogP contribution < -0.4 is 10.1 Å². The lowest BCUT2D eigenvalue weighted by Gasteiger charge is -2.34. The Morgan fingerprint density at radius 2 is 1.72 bits per heavy atom. The number of β-amino-alcohol motifs (C(OH)–C–C–N with tert-alkyl or cyclic N) is 1. The summed E-state index contributed by atoms with van der Waals surface area (Å²) in [5, 5.41) is 13.0. The maximum absolute atomic E-state index is 12.9. The van der Waals surface area contributed by atoms with Crippen LogP contribution in [0.2, 0.25) is 0 Å². The number of carbonyl (C=O) groups excluding carboxylic acids is 1. The largest absolute Gasteiger partial charge is 0.491 e. The Morgan fingerprint density at radius 3 is 2.31 bits per heavy atom. The van der Waals surface area contributed by atoms with E-state index in [0.717, 1.165) is 11.1 Å². The maximum atomic E-state index is 12.9. The minimum Gasteiger partial charge on any atom is -0.491 e. The Morgan fingerprint density at radius 1 is 1.06 bits per heavy atom. The molecule has 0 aliphatic carbocycles. The summed E-state index contributed by atoms with van der Waals surface area (Å²) >= 11 is 0. The normalized spacial score (nSPS) is 16.5. The number of amides is 1. The lowest BCUT2D eigenvalue weighted by atomic mass is 10.1. The average molecular weight is 462 g/mol. The van der Waals surface area contributed by atoms with Gasteiger partial charge >= 0.3 is 0 Å². The molecule has 8 nitrogen and oxygen atoms in total. The topological polar surface area (TPSA) is 99.2 Å². The van der Waals surface area contributed by atoms with Gasteiger partial charge in [-0.1, -0.05) is 6.07 Å². The zero-order chi connectivity index (χ0) is 23.3. The molecule has 1 amide bonds. The number of ether oxygens (including phenoxy) is 1. The number of anilines is 1. The number of aryl methyl sites for hydroxylation is 2.